The summed E-state index contributed by atoms with van der Waals surface area (Å²) in [6.07, 6.45) is 0.838. The van der Waals surface area contributed by atoms with Crippen LogP contribution in [0.4, 0.5) is 0 Å². The summed E-state index contributed by atoms with van der Waals surface area (Å²) in [5.41, 5.74) is 1.12. The van der Waals surface area contributed by atoms with Gasteiger partial charge in [0.05, 0.1) is 17.4 Å². The number of fused-ring (bicyclic) bond motifs is 1. The molecule has 18 heavy (non-hydrogen) atoms. The predicted octanol–water partition coefficient (Wildman–Crippen LogP) is 2.05. The Morgan fingerprint density at radius 2 is 2.00 bits per heavy atom. The molecule has 2 fully saturated rings. The Labute approximate surface area is 109 Å². The van der Waals surface area contributed by atoms with Gasteiger partial charge in [-0.25, -0.2) is 0 Å². The van der Waals surface area contributed by atoms with Crippen molar-refractivity contribution >= 4 is 16.8 Å². The van der Waals surface area contributed by atoms with Crippen LogP contribution in [-0.4, -0.2) is 21.5 Å². The molecule has 0 radical (unpaired) electrons. The second-order valence-corrected chi connectivity index (χ2v) is 6.88. The molecule has 2 aliphatic rings. The van der Waals surface area contributed by atoms with Gasteiger partial charge < -0.3 is 4.74 Å². The highest BCUT2D eigenvalue weighted by atomic mass is 32.2. The van der Waals surface area contributed by atoms with Crippen molar-refractivity contribution in [3.63, 3.8) is 0 Å². The van der Waals surface area contributed by atoms with Crippen LogP contribution in [0.5, 0.6) is 0 Å². The first-order chi connectivity index (χ1) is 8.58. The van der Waals surface area contributed by atoms with Crippen molar-refractivity contribution in [3.8, 4) is 0 Å². The molecule has 3 rings (SSSR count). The minimum Gasteiger partial charge on any atom is -0.465 e. The smallest absolute Gasteiger partial charge is 0.325 e. The number of hydrogen-bond donors (Lipinski definition) is 0. The molecule has 1 aromatic rings. The van der Waals surface area contributed by atoms with E-state index in [0.717, 1.165) is 16.9 Å². The second kappa shape index (κ2) is 3.92. The minimum atomic E-state index is -1.30. The van der Waals surface area contributed by atoms with Crippen molar-refractivity contribution in [1.29, 1.82) is 0 Å². The highest BCUT2D eigenvalue weighted by Crippen LogP contribution is 2.60. The van der Waals surface area contributed by atoms with Crippen LogP contribution in [0.1, 0.15) is 18.9 Å². The summed E-state index contributed by atoms with van der Waals surface area (Å²) in [4.78, 5) is 12.8. The first-order valence-electron chi connectivity index (χ1n) is 6.24. The highest BCUT2D eigenvalue weighted by Gasteiger charge is 2.73. The molecule has 1 heterocycles. The van der Waals surface area contributed by atoms with Crippen LogP contribution in [0, 0.1) is 18.8 Å². The fourth-order valence-corrected chi connectivity index (χ4v) is 5.06. The Morgan fingerprint density at radius 1 is 1.33 bits per heavy atom. The lowest BCUT2D eigenvalue weighted by atomic mass is 10.2. The van der Waals surface area contributed by atoms with Crippen molar-refractivity contribution in [2.45, 2.75) is 29.9 Å². The molecule has 0 N–H and O–H groups in total. The molecule has 1 aliphatic carbocycles. The number of esters is 1. The summed E-state index contributed by atoms with van der Waals surface area (Å²) in [7, 11) is -1.30. The lowest BCUT2D eigenvalue weighted by Gasteiger charge is -2.20. The molecule has 0 amide bonds. The van der Waals surface area contributed by atoms with Crippen LogP contribution in [0.2, 0.25) is 0 Å². The van der Waals surface area contributed by atoms with Gasteiger partial charge in [0, 0.05) is 4.90 Å². The zero-order valence-electron chi connectivity index (χ0n) is 10.5. The molecule has 1 saturated heterocycles. The number of cyclic esters (lactones) is 1. The van der Waals surface area contributed by atoms with E-state index in [1.807, 2.05) is 38.1 Å². The van der Waals surface area contributed by atoms with E-state index in [0.29, 0.717) is 6.61 Å². The van der Waals surface area contributed by atoms with Gasteiger partial charge in [-0.1, -0.05) is 24.6 Å². The van der Waals surface area contributed by atoms with Crippen LogP contribution in [0.15, 0.2) is 29.2 Å². The summed E-state index contributed by atoms with van der Waals surface area (Å²) in [6.45, 7) is 4.46. The highest BCUT2D eigenvalue weighted by molar-refractivity contribution is 7.87. The van der Waals surface area contributed by atoms with Gasteiger partial charge in [0.15, 0.2) is 4.75 Å². The largest absolute Gasteiger partial charge is 0.465 e. The summed E-state index contributed by atoms with van der Waals surface area (Å²) >= 11 is 0. The maximum Gasteiger partial charge on any atom is 0.325 e. The zero-order valence-corrected chi connectivity index (χ0v) is 11.3. The average molecular weight is 264 g/mol. The second-order valence-electron chi connectivity index (χ2n) is 5.19. The fourth-order valence-electron chi connectivity index (χ4n) is 3.05. The molecule has 0 aromatic heterocycles. The number of aryl methyl sites for hydroxylation is 1. The fraction of sp³-hybridized carbons (Fsp3) is 0.500. The van der Waals surface area contributed by atoms with Gasteiger partial charge in [-0.15, -0.1) is 0 Å². The van der Waals surface area contributed by atoms with Crippen LogP contribution in [0.25, 0.3) is 0 Å². The van der Waals surface area contributed by atoms with E-state index in [1.54, 1.807) is 0 Å². The molecule has 1 saturated carbocycles. The number of carbonyl (C=O) groups excluding carboxylic acids is 1. The van der Waals surface area contributed by atoms with Crippen molar-refractivity contribution < 1.29 is 13.7 Å². The van der Waals surface area contributed by atoms with Crippen LogP contribution in [0.3, 0.4) is 0 Å². The molecular formula is C14H16O3S. The van der Waals surface area contributed by atoms with Crippen molar-refractivity contribution in [1.82, 2.24) is 0 Å². The third kappa shape index (κ3) is 1.41. The number of benzene rings is 1. The first-order valence-corrected chi connectivity index (χ1v) is 7.39. The number of rotatable bonds is 2. The molecule has 4 heteroatoms. The van der Waals surface area contributed by atoms with Gasteiger partial charge in [-0.3, -0.25) is 9.00 Å². The molecule has 1 aromatic carbocycles. The molecule has 0 spiro atoms. The maximum absolute atomic E-state index is 12.7. The zero-order chi connectivity index (χ0) is 12.9. The lowest BCUT2D eigenvalue weighted by molar-refractivity contribution is -0.146. The molecule has 0 bridgehead atoms. The van der Waals surface area contributed by atoms with Gasteiger partial charge in [-0.05, 0) is 37.3 Å². The number of carbonyl (C=O) groups is 1. The summed E-state index contributed by atoms with van der Waals surface area (Å²) in [5, 5.41) is 0. The SMILES string of the molecule is Cc1ccc([S@](=O)[C@]23C(=O)OCC[C@H]2[C@@H]3C)cc1. The number of hydrogen-bond acceptors (Lipinski definition) is 3. The Hall–Kier alpha value is -1.16. The van der Waals surface area contributed by atoms with E-state index in [-0.39, 0.29) is 17.8 Å². The van der Waals surface area contributed by atoms with Crippen LogP contribution < -0.4 is 0 Å². The van der Waals surface area contributed by atoms with E-state index in [4.69, 9.17) is 4.74 Å². The third-order valence-corrected chi connectivity index (χ3v) is 6.40. The topological polar surface area (TPSA) is 43.4 Å². The standard InChI is InChI=1S/C14H16O3S/c1-9-3-5-11(6-4-9)18(16)14-10(2)12(14)7-8-17-13(14)15/h3-6,10,12H,7-8H2,1-2H3/t10-,12-,14-,18-/m0/s1. The molecule has 3 nitrogen and oxygen atoms in total. The lowest BCUT2D eigenvalue weighted by Crippen LogP contribution is -2.37. The molecular weight excluding hydrogens is 248 g/mol. The summed E-state index contributed by atoms with van der Waals surface area (Å²) in [6, 6.07) is 7.56. The quantitative estimate of drug-likeness (QED) is 0.768. The van der Waals surface area contributed by atoms with E-state index < -0.39 is 15.5 Å². The Bertz CT molecular complexity index is 522. The monoisotopic (exact) mass is 264 g/mol. The van der Waals surface area contributed by atoms with E-state index >= 15 is 0 Å². The number of ether oxygens (including phenoxy) is 1. The molecule has 4 atom stereocenters. The normalized spacial score (nSPS) is 35.6. The van der Waals surface area contributed by atoms with E-state index in [1.165, 1.54) is 0 Å². The first kappa shape index (κ1) is 11.9. The van der Waals surface area contributed by atoms with Gasteiger partial charge in [-0.2, -0.15) is 0 Å². The van der Waals surface area contributed by atoms with Gasteiger partial charge in [0.25, 0.3) is 0 Å². The Morgan fingerprint density at radius 3 is 2.61 bits per heavy atom. The predicted molar refractivity (Wildman–Crippen MR) is 68.5 cm³/mol. The van der Waals surface area contributed by atoms with Crippen molar-refractivity contribution in [3.05, 3.63) is 29.8 Å². The van der Waals surface area contributed by atoms with E-state index in [2.05, 4.69) is 0 Å². The van der Waals surface area contributed by atoms with Gasteiger partial charge in [0.2, 0.25) is 0 Å². The summed E-state index contributed by atoms with van der Waals surface area (Å²) < 4.78 is 17.1. The van der Waals surface area contributed by atoms with E-state index in [9.17, 15) is 9.00 Å². The van der Waals surface area contributed by atoms with Gasteiger partial charge in [0.1, 0.15) is 0 Å². The Balaban J connectivity index is 1.97. The van der Waals surface area contributed by atoms with Crippen molar-refractivity contribution in [2.75, 3.05) is 6.61 Å². The summed E-state index contributed by atoms with van der Waals surface area (Å²) in [5.74, 6) is 0.112. The third-order valence-electron chi connectivity index (χ3n) is 4.24. The minimum absolute atomic E-state index is 0.162. The van der Waals surface area contributed by atoms with Crippen LogP contribution in [-0.2, 0) is 20.3 Å². The molecule has 96 valence electrons. The molecule has 1 aliphatic heterocycles. The average Bonchev–Trinajstić information content (AvgIpc) is 2.98. The molecule has 0 unspecified atom stereocenters. The Kier molecular flexibility index (Phi) is 2.59. The van der Waals surface area contributed by atoms with Crippen molar-refractivity contribution in [2.24, 2.45) is 11.8 Å². The van der Waals surface area contributed by atoms with Crippen LogP contribution >= 0.6 is 0 Å². The van der Waals surface area contributed by atoms with Gasteiger partial charge >= 0.3 is 5.97 Å². The maximum atomic E-state index is 12.7.